The second-order valence-corrected chi connectivity index (χ2v) is 6.61. The van der Waals surface area contributed by atoms with Crippen LogP contribution in [0.3, 0.4) is 0 Å². The van der Waals surface area contributed by atoms with E-state index in [9.17, 15) is 5.11 Å². The Morgan fingerprint density at radius 1 is 0.800 bits per heavy atom. The Hall–Kier alpha value is -3.00. The number of benzene rings is 3. The number of hydrogen-bond acceptors (Lipinski definition) is 1. The zero-order chi connectivity index (χ0) is 17.4. The van der Waals surface area contributed by atoms with Crippen LogP contribution >= 0.6 is 0 Å². The summed E-state index contributed by atoms with van der Waals surface area (Å²) in [5.41, 5.74) is 7.40. The van der Waals surface area contributed by atoms with E-state index in [4.69, 9.17) is 0 Å². The molecule has 0 amide bonds. The molecule has 0 aliphatic rings. The molecule has 0 unspecified atom stereocenters. The lowest BCUT2D eigenvalue weighted by Gasteiger charge is -2.13. The second kappa shape index (κ2) is 6.14. The average Bonchev–Trinajstić information content (AvgIpc) is 2.90. The van der Waals surface area contributed by atoms with Gasteiger partial charge < -0.3 is 9.67 Å². The lowest BCUT2D eigenvalue weighted by Crippen LogP contribution is -2.02. The van der Waals surface area contributed by atoms with Crippen molar-refractivity contribution in [1.82, 2.24) is 4.57 Å². The number of para-hydroxylation sites is 1. The fraction of sp³-hybridized carbons (Fsp3) is 0.130. The molecule has 1 heterocycles. The van der Waals surface area contributed by atoms with Gasteiger partial charge in [-0.2, -0.15) is 0 Å². The van der Waals surface area contributed by atoms with Gasteiger partial charge in [-0.25, -0.2) is 0 Å². The summed E-state index contributed by atoms with van der Waals surface area (Å²) in [7, 11) is 0. The molecule has 0 saturated heterocycles. The molecule has 0 atom stereocenters. The van der Waals surface area contributed by atoms with Crippen molar-refractivity contribution in [2.75, 3.05) is 0 Å². The number of aryl methyl sites for hydroxylation is 2. The van der Waals surface area contributed by atoms with E-state index in [1.165, 1.54) is 33.3 Å². The molecule has 4 aromatic rings. The SMILES string of the molecule is Cc1ccc(Cn2c(-c3ccc(O)cc3)c(C)c3ccccc32)cc1. The van der Waals surface area contributed by atoms with Crippen molar-refractivity contribution in [2.45, 2.75) is 20.4 Å². The van der Waals surface area contributed by atoms with Crippen LogP contribution in [0.5, 0.6) is 5.75 Å². The van der Waals surface area contributed by atoms with Gasteiger partial charge in [0.2, 0.25) is 0 Å². The quantitative estimate of drug-likeness (QED) is 0.514. The molecule has 0 radical (unpaired) electrons. The van der Waals surface area contributed by atoms with E-state index in [-0.39, 0.29) is 0 Å². The third-order valence-electron chi connectivity index (χ3n) is 4.83. The van der Waals surface area contributed by atoms with Crippen LogP contribution in [0.25, 0.3) is 22.2 Å². The molecule has 3 aromatic carbocycles. The lowest BCUT2D eigenvalue weighted by atomic mass is 10.1. The maximum atomic E-state index is 9.64. The Morgan fingerprint density at radius 3 is 2.20 bits per heavy atom. The van der Waals surface area contributed by atoms with Crippen LogP contribution in [0.15, 0.2) is 72.8 Å². The molecule has 0 aliphatic heterocycles. The molecule has 25 heavy (non-hydrogen) atoms. The fourth-order valence-electron chi connectivity index (χ4n) is 3.51. The summed E-state index contributed by atoms with van der Waals surface area (Å²) in [5, 5.41) is 10.9. The minimum atomic E-state index is 0.294. The number of phenolic OH excluding ortho intramolecular Hbond substituents is 1. The second-order valence-electron chi connectivity index (χ2n) is 6.61. The maximum absolute atomic E-state index is 9.64. The summed E-state index contributed by atoms with van der Waals surface area (Å²) in [4.78, 5) is 0. The Labute approximate surface area is 148 Å². The molecule has 0 spiro atoms. The fourth-order valence-corrected chi connectivity index (χ4v) is 3.51. The van der Waals surface area contributed by atoms with Crippen LogP contribution in [-0.4, -0.2) is 9.67 Å². The molecule has 2 heteroatoms. The van der Waals surface area contributed by atoms with Gasteiger partial charge in [0.15, 0.2) is 0 Å². The number of hydrogen-bond donors (Lipinski definition) is 1. The third-order valence-corrected chi connectivity index (χ3v) is 4.83. The van der Waals surface area contributed by atoms with Crippen LogP contribution in [0.2, 0.25) is 0 Å². The number of phenols is 1. The van der Waals surface area contributed by atoms with Crippen molar-refractivity contribution < 1.29 is 5.11 Å². The summed E-state index contributed by atoms with van der Waals surface area (Å²) in [6.07, 6.45) is 0. The zero-order valence-electron chi connectivity index (χ0n) is 14.5. The van der Waals surface area contributed by atoms with E-state index >= 15 is 0 Å². The monoisotopic (exact) mass is 327 g/mol. The van der Waals surface area contributed by atoms with E-state index < -0.39 is 0 Å². The summed E-state index contributed by atoms with van der Waals surface area (Å²) in [6, 6.07) is 24.7. The van der Waals surface area contributed by atoms with Gasteiger partial charge in [0.1, 0.15) is 5.75 Å². The van der Waals surface area contributed by atoms with Crippen LogP contribution in [0.1, 0.15) is 16.7 Å². The van der Waals surface area contributed by atoms with E-state index in [1.54, 1.807) is 12.1 Å². The van der Waals surface area contributed by atoms with E-state index in [2.05, 4.69) is 66.9 Å². The molecule has 1 N–H and O–H groups in total. The highest BCUT2D eigenvalue weighted by molar-refractivity contribution is 5.91. The molecular formula is C23H21NO. The van der Waals surface area contributed by atoms with Gasteiger partial charge >= 0.3 is 0 Å². The minimum absolute atomic E-state index is 0.294. The standard InChI is InChI=1S/C23H21NO/c1-16-7-9-18(10-8-16)15-24-22-6-4-3-5-21(22)17(2)23(24)19-11-13-20(25)14-12-19/h3-14,25H,15H2,1-2H3. The van der Waals surface area contributed by atoms with Crippen molar-refractivity contribution in [3.8, 4) is 17.0 Å². The highest BCUT2D eigenvalue weighted by Gasteiger charge is 2.15. The van der Waals surface area contributed by atoms with Crippen molar-refractivity contribution in [3.63, 3.8) is 0 Å². The number of aromatic hydroxyl groups is 1. The third kappa shape index (κ3) is 2.80. The Morgan fingerprint density at radius 2 is 1.48 bits per heavy atom. The summed E-state index contributed by atoms with van der Waals surface area (Å²) < 4.78 is 2.38. The normalized spacial score (nSPS) is 11.1. The first-order valence-electron chi connectivity index (χ1n) is 8.56. The Kier molecular flexibility index (Phi) is 3.81. The largest absolute Gasteiger partial charge is 0.508 e. The molecule has 0 saturated carbocycles. The summed E-state index contributed by atoms with van der Waals surface area (Å²) in [5.74, 6) is 0.294. The summed E-state index contributed by atoms with van der Waals surface area (Å²) >= 11 is 0. The number of aromatic nitrogens is 1. The Balaban J connectivity index is 1.92. The van der Waals surface area contributed by atoms with Crippen molar-refractivity contribution in [2.24, 2.45) is 0 Å². The minimum Gasteiger partial charge on any atom is -0.508 e. The van der Waals surface area contributed by atoms with E-state index in [1.807, 2.05) is 12.1 Å². The van der Waals surface area contributed by atoms with Gasteiger partial charge in [-0.15, -0.1) is 0 Å². The van der Waals surface area contributed by atoms with Gasteiger partial charge in [-0.05, 0) is 60.9 Å². The number of fused-ring (bicyclic) bond motifs is 1. The van der Waals surface area contributed by atoms with E-state index in [0.717, 1.165) is 12.1 Å². The van der Waals surface area contributed by atoms with Crippen molar-refractivity contribution in [1.29, 1.82) is 0 Å². The molecule has 124 valence electrons. The smallest absolute Gasteiger partial charge is 0.115 e. The van der Waals surface area contributed by atoms with Crippen LogP contribution in [0.4, 0.5) is 0 Å². The van der Waals surface area contributed by atoms with E-state index in [0.29, 0.717) is 5.75 Å². The van der Waals surface area contributed by atoms with Gasteiger partial charge in [0.05, 0.1) is 5.69 Å². The van der Waals surface area contributed by atoms with Gasteiger partial charge in [-0.3, -0.25) is 0 Å². The molecule has 4 rings (SSSR count). The predicted octanol–water partition coefficient (Wildman–Crippen LogP) is 5.68. The van der Waals surface area contributed by atoms with Gasteiger partial charge in [-0.1, -0.05) is 48.0 Å². The topological polar surface area (TPSA) is 25.2 Å². The molecule has 0 bridgehead atoms. The molecule has 0 fully saturated rings. The average molecular weight is 327 g/mol. The van der Waals surface area contributed by atoms with Crippen LogP contribution < -0.4 is 0 Å². The summed E-state index contributed by atoms with van der Waals surface area (Å²) in [6.45, 7) is 5.11. The van der Waals surface area contributed by atoms with Crippen LogP contribution in [-0.2, 0) is 6.54 Å². The molecule has 0 aliphatic carbocycles. The first kappa shape index (κ1) is 15.5. The molecular weight excluding hydrogens is 306 g/mol. The van der Waals surface area contributed by atoms with Gasteiger partial charge in [0.25, 0.3) is 0 Å². The molecule has 2 nitrogen and oxygen atoms in total. The number of rotatable bonds is 3. The predicted molar refractivity (Wildman–Crippen MR) is 104 cm³/mol. The van der Waals surface area contributed by atoms with Crippen molar-refractivity contribution >= 4 is 10.9 Å². The first-order chi connectivity index (χ1) is 12.1. The first-order valence-corrected chi connectivity index (χ1v) is 8.56. The van der Waals surface area contributed by atoms with Crippen molar-refractivity contribution in [3.05, 3.63) is 89.5 Å². The highest BCUT2D eigenvalue weighted by Crippen LogP contribution is 2.34. The number of nitrogens with zero attached hydrogens (tertiary/aromatic N) is 1. The Bertz CT molecular complexity index is 1020. The zero-order valence-corrected chi connectivity index (χ0v) is 14.5. The molecule has 1 aromatic heterocycles. The lowest BCUT2D eigenvalue weighted by molar-refractivity contribution is 0.475. The van der Waals surface area contributed by atoms with Gasteiger partial charge in [0, 0.05) is 17.4 Å². The van der Waals surface area contributed by atoms with Crippen LogP contribution in [0, 0.1) is 13.8 Å². The maximum Gasteiger partial charge on any atom is 0.115 e. The highest BCUT2D eigenvalue weighted by atomic mass is 16.3.